The van der Waals surface area contributed by atoms with Crippen molar-refractivity contribution >= 4 is 0 Å². The van der Waals surface area contributed by atoms with E-state index in [1.165, 1.54) is 12.8 Å². The van der Waals surface area contributed by atoms with E-state index in [0.29, 0.717) is 6.10 Å². The van der Waals surface area contributed by atoms with Crippen molar-refractivity contribution in [3.8, 4) is 12.3 Å². The second-order valence-electron chi connectivity index (χ2n) is 3.45. The smallest absolute Gasteiger partial charge is 0.0599 e. The first-order chi connectivity index (χ1) is 6.36. The number of hydrogen-bond donors (Lipinski definition) is 0. The van der Waals surface area contributed by atoms with E-state index in [-0.39, 0.29) is 0 Å². The van der Waals surface area contributed by atoms with Gasteiger partial charge in [-0.1, -0.05) is 0 Å². The fourth-order valence-electron chi connectivity index (χ4n) is 1.76. The van der Waals surface area contributed by atoms with Crippen LogP contribution in [0, 0.1) is 12.3 Å². The Hall–Kier alpha value is -0.520. The van der Waals surface area contributed by atoms with Gasteiger partial charge in [0, 0.05) is 32.7 Å². The van der Waals surface area contributed by atoms with Gasteiger partial charge in [-0.3, -0.25) is 0 Å². The highest BCUT2D eigenvalue weighted by molar-refractivity contribution is 4.85. The zero-order chi connectivity index (χ0) is 9.52. The van der Waals surface area contributed by atoms with Crippen LogP contribution in [-0.2, 0) is 4.74 Å². The summed E-state index contributed by atoms with van der Waals surface area (Å²) in [7, 11) is 0. The molecule has 0 radical (unpaired) electrons. The van der Waals surface area contributed by atoms with Crippen molar-refractivity contribution in [2.75, 3.05) is 26.2 Å². The second-order valence-corrected chi connectivity index (χ2v) is 3.45. The summed E-state index contributed by atoms with van der Waals surface area (Å²) in [5.74, 6) is 2.68. The van der Waals surface area contributed by atoms with Gasteiger partial charge in [0.15, 0.2) is 0 Å². The normalized spacial score (nSPS) is 20.0. The van der Waals surface area contributed by atoms with E-state index in [2.05, 4.69) is 17.7 Å². The minimum Gasteiger partial charge on any atom is -0.378 e. The lowest BCUT2D eigenvalue weighted by molar-refractivity contribution is 0.0148. The molecule has 13 heavy (non-hydrogen) atoms. The van der Waals surface area contributed by atoms with E-state index < -0.39 is 0 Å². The fraction of sp³-hybridized carbons (Fsp3) is 0.818. The molecule has 1 fully saturated rings. The van der Waals surface area contributed by atoms with Gasteiger partial charge in [-0.2, -0.15) is 0 Å². The predicted octanol–water partition coefficient (Wildman–Crippen LogP) is 1.51. The molecule has 0 aromatic heterocycles. The molecular formula is C11H19NO. The van der Waals surface area contributed by atoms with E-state index in [4.69, 9.17) is 11.2 Å². The van der Waals surface area contributed by atoms with Crippen molar-refractivity contribution < 1.29 is 4.74 Å². The molecule has 0 saturated carbocycles. The van der Waals surface area contributed by atoms with Gasteiger partial charge >= 0.3 is 0 Å². The van der Waals surface area contributed by atoms with Crippen LogP contribution in [0.5, 0.6) is 0 Å². The molecule has 0 atom stereocenters. The summed E-state index contributed by atoms with van der Waals surface area (Å²) in [5, 5.41) is 0. The average molecular weight is 181 g/mol. The average Bonchev–Trinajstić information content (AvgIpc) is 2.17. The molecule has 0 spiro atoms. The van der Waals surface area contributed by atoms with Crippen LogP contribution < -0.4 is 0 Å². The third-order valence-electron chi connectivity index (χ3n) is 2.51. The Balaban J connectivity index is 2.12. The number of ether oxygens (including phenoxy) is 1. The van der Waals surface area contributed by atoms with Crippen molar-refractivity contribution in [1.29, 1.82) is 0 Å². The zero-order valence-corrected chi connectivity index (χ0v) is 8.46. The number of terminal acetylenes is 1. The Morgan fingerprint density at radius 2 is 2.15 bits per heavy atom. The van der Waals surface area contributed by atoms with E-state index in [1.54, 1.807) is 0 Å². The van der Waals surface area contributed by atoms with Crippen molar-refractivity contribution in [1.82, 2.24) is 4.90 Å². The van der Waals surface area contributed by atoms with Gasteiger partial charge in [-0.15, -0.1) is 12.3 Å². The molecule has 0 bridgehead atoms. The number of hydrogen-bond acceptors (Lipinski definition) is 2. The van der Waals surface area contributed by atoms with Gasteiger partial charge < -0.3 is 9.64 Å². The molecule has 0 unspecified atom stereocenters. The molecule has 74 valence electrons. The van der Waals surface area contributed by atoms with Gasteiger partial charge in [0.1, 0.15) is 0 Å². The monoisotopic (exact) mass is 181 g/mol. The van der Waals surface area contributed by atoms with Crippen LogP contribution in [-0.4, -0.2) is 37.2 Å². The van der Waals surface area contributed by atoms with E-state index in [9.17, 15) is 0 Å². The first kappa shape index (κ1) is 10.6. The predicted molar refractivity (Wildman–Crippen MR) is 54.5 cm³/mol. The third-order valence-corrected chi connectivity index (χ3v) is 2.51. The molecule has 2 nitrogen and oxygen atoms in total. The molecule has 2 heteroatoms. The number of rotatable bonds is 4. The molecule has 0 aromatic carbocycles. The van der Waals surface area contributed by atoms with Crippen LogP contribution in [0.2, 0.25) is 0 Å². The summed E-state index contributed by atoms with van der Waals surface area (Å²) in [4.78, 5) is 2.43. The van der Waals surface area contributed by atoms with Crippen LogP contribution in [0.4, 0.5) is 0 Å². The van der Waals surface area contributed by atoms with Crippen LogP contribution in [0.3, 0.4) is 0 Å². The highest BCUT2D eigenvalue weighted by atomic mass is 16.5. The van der Waals surface area contributed by atoms with Crippen LogP contribution in [0.25, 0.3) is 0 Å². The maximum Gasteiger partial charge on any atom is 0.0599 e. The molecule has 1 aliphatic rings. The Labute approximate surface area is 81.3 Å². The minimum atomic E-state index is 0.493. The topological polar surface area (TPSA) is 12.5 Å². The maximum absolute atomic E-state index is 5.57. The van der Waals surface area contributed by atoms with E-state index >= 15 is 0 Å². The first-order valence-electron chi connectivity index (χ1n) is 5.14. The molecule has 0 amide bonds. The van der Waals surface area contributed by atoms with Gasteiger partial charge in [-0.25, -0.2) is 0 Å². The lowest BCUT2D eigenvalue weighted by atomic mass is 10.1. The zero-order valence-electron chi connectivity index (χ0n) is 8.46. The van der Waals surface area contributed by atoms with Crippen molar-refractivity contribution in [2.24, 2.45) is 0 Å². The second kappa shape index (κ2) is 6.01. The number of likely N-dealkylation sites (tertiary alicyclic amines) is 1. The first-order valence-corrected chi connectivity index (χ1v) is 5.14. The standard InChI is InChI=1S/C11H19NO/c1-3-5-8-12-9-6-11(7-10-12)13-4-2/h1,11H,4-10H2,2H3. The molecule has 1 heterocycles. The summed E-state index contributed by atoms with van der Waals surface area (Å²) in [5.41, 5.74) is 0. The Bertz CT molecular complexity index is 165. The quantitative estimate of drug-likeness (QED) is 0.610. The molecule has 1 saturated heterocycles. The Morgan fingerprint density at radius 1 is 1.46 bits per heavy atom. The molecule has 0 N–H and O–H groups in total. The SMILES string of the molecule is C#CCCN1CCC(OCC)CC1. The molecule has 0 aromatic rings. The molecular weight excluding hydrogens is 162 g/mol. The lowest BCUT2D eigenvalue weighted by Gasteiger charge is -2.31. The van der Waals surface area contributed by atoms with Crippen molar-refractivity contribution in [2.45, 2.75) is 32.3 Å². The minimum absolute atomic E-state index is 0.493. The summed E-state index contributed by atoms with van der Waals surface area (Å²) < 4.78 is 5.57. The van der Waals surface area contributed by atoms with Gasteiger partial charge in [-0.05, 0) is 19.8 Å². The van der Waals surface area contributed by atoms with E-state index in [1.807, 2.05) is 0 Å². The number of piperidine rings is 1. The Morgan fingerprint density at radius 3 is 2.69 bits per heavy atom. The fourth-order valence-corrected chi connectivity index (χ4v) is 1.76. The maximum atomic E-state index is 5.57. The van der Waals surface area contributed by atoms with Gasteiger partial charge in [0.05, 0.1) is 6.10 Å². The third kappa shape index (κ3) is 3.80. The highest BCUT2D eigenvalue weighted by Crippen LogP contribution is 2.13. The van der Waals surface area contributed by atoms with Crippen molar-refractivity contribution in [3.63, 3.8) is 0 Å². The van der Waals surface area contributed by atoms with E-state index in [0.717, 1.165) is 32.7 Å². The summed E-state index contributed by atoms with van der Waals surface area (Å²) in [6.07, 6.45) is 8.92. The van der Waals surface area contributed by atoms with Crippen LogP contribution in [0.1, 0.15) is 26.2 Å². The van der Waals surface area contributed by atoms with Gasteiger partial charge in [0.2, 0.25) is 0 Å². The Kier molecular flexibility index (Phi) is 4.88. The van der Waals surface area contributed by atoms with Gasteiger partial charge in [0.25, 0.3) is 0 Å². The van der Waals surface area contributed by atoms with Crippen LogP contribution >= 0.6 is 0 Å². The summed E-state index contributed by atoms with van der Waals surface area (Å²) in [6, 6.07) is 0. The molecule has 0 aliphatic carbocycles. The highest BCUT2D eigenvalue weighted by Gasteiger charge is 2.18. The molecule has 1 aliphatic heterocycles. The lowest BCUT2D eigenvalue weighted by Crippen LogP contribution is -2.37. The summed E-state index contributed by atoms with van der Waals surface area (Å²) >= 11 is 0. The molecule has 1 rings (SSSR count). The largest absolute Gasteiger partial charge is 0.378 e. The number of nitrogens with zero attached hydrogens (tertiary/aromatic N) is 1. The summed E-state index contributed by atoms with van der Waals surface area (Å²) in [6.45, 7) is 6.24. The van der Waals surface area contributed by atoms with Crippen LogP contribution in [0.15, 0.2) is 0 Å². The van der Waals surface area contributed by atoms with Crippen molar-refractivity contribution in [3.05, 3.63) is 0 Å².